The van der Waals surface area contributed by atoms with Crippen LogP contribution in [0.5, 0.6) is 5.75 Å². The summed E-state index contributed by atoms with van der Waals surface area (Å²) in [6.45, 7) is 2.19. The van der Waals surface area contributed by atoms with Gasteiger partial charge in [-0.1, -0.05) is 67.1 Å². The van der Waals surface area contributed by atoms with Gasteiger partial charge >= 0.3 is 5.97 Å². The SMILES string of the molecule is CC1=C(N=C(SCC(=O)Oc2ccccc2)N(C)C=O)c2ccccc2CC12CCCC2. The number of fused-ring (bicyclic) bond motifs is 1. The number of amides is 1. The van der Waals surface area contributed by atoms with Crippen LogP contribution in [0.3, 0.4) is 0 Å². The van der Waals surface area contributed by atoms with Crippen molar-refractivity contribution in [3.8, 4) is 5.75 Å². The summed E-state index contributed by atoms with van der Waals surface area (Å²) in [4.78, 5) is 30.4. The predicted octanol–water partition coefficient (Wildman–Crippen LogP) is 5.32. The van der Waals surface area contributed by atoms with Gasteiger partial charge in [0, 0.05) is 12.6 Å². The summed E-state index contributed by atoms with van der Waals surface area (Å²) in [5.74, 6) is 0.184. The minimum absolute atomic E-state index is 0.0605. The molecule has 1 saturated carbocycles. The van der Waals surface area contributed by atoms with Crippen LogP contribution in [0.4, 0.5) is 0 Å². The Morgan fingerprint density at radius 1 is 1.12 bits per heavy atom. The number of benzene rings is 2. The van der Waals surface area contributed by atoms with E-state index in [1.54, 1.807) is 19.2 Å². The molecule has 0 heterocycles. The average Bonchev–Trinajstić information content (AvgIpc) is 3.28. The summed E-state index contributed by atoms with van der Waals surface area (Å²) in [6.07, 6.45) is 6.58. The first-order valence-corrected chi connectivity index (χ1v) is 12.0. The average molecular weight is 449 g/mol. The predicted molar refractivity (Wildman–Crippen MR) is 129 cm³/mol. The van der Waals surface area contributed by atoms with Gasteiger partial charge in [0.05, 0.1) is 11.4 Å². The third kappa shape index (κ3) is 4.65. The lowest BCUT2D eigenvalue weighted by molar-refractivity contribution is -0.131. The zero-order chi connectivity index (χ0) is 22.6. The number of esters is 1. The number of carbonyl (C=O) groups excluding carboxylic acids is 2. The van der Waals surface area contributed by atoms with Gasteiger partial charge in [-0.3, -0.25) is 14.5 Å². The monoisotopic (exact) mass is 448 g/mol. The number of aliphatic imine (C=N–C) groups is 1. The molecule has 4 rings (SSSR count). The highest BCUT2D eigenvalue weighted by Crippen LogP contribution is 2.52. The fraction of sp³-hybridized carbons (Fsp3) is 0.346. The van der Waals surface area contributed by atoms with E-state index in [0.29, 0.717) is 10.9 Å². The second kappa shape index (κ2) is 9.74. The number of thioether (sulfide) groups is 1. The Bertz CT molecular complexity index is 1060. The summed E-state index contributed by atoms with van der Waals surface area (Å²) >= 11 is 1.22. The van der Waals surface area contributed by atoms with E-state index in [0.717, 1.165) is 24.1 Å². The lowest BCUT2D eigenvalue weighted by Gasteiger charge is -2.37. The standard InChI is InChI=1S/C26H28N2O3S/c1-19-24(22-13-7-6-10-20(22)16-26(19)14-8-9-15-26)27-25(28(2)18-29)32-17-23(30)31-21-11-4-3-5-12-21/h3-7,10-13,18H,8-9,14-17H2,1-2H3. The van der Waals surface area contributed by atoms with Gasteiger partial charge in [0.25, 0.3) is 0 Å². The van der Waals surface area contributed by atoms with Crippen molar-refractivity contribution >= 4 is 35.0 Å². The number of hydrogen-bond donors (Lipinski definition) is 0. The Morgan fingerprint density at radius 2 is 1.81 bits per heavy atom. The van der Waals surface area contributed by atoms with Crippen molar-refractivity contribution in [2.75, 3.05) is 12.8 Å². The quantitative estimate of drug-likeness (QED) is 0.204. The first-order valence-electron chi connectivity index (χ1n) is 11.0. The maximum atomic E-state index is 12.4. The van der Waals surface area contributed by atoms with Crippen molar-refractivity contribution in [1.29, 1.82) is 0 Å². The minimum atomic E-state index is -0.379. The van der Waals surface area contributed by atoms with Crippen molar-refractivity contribution in [3.63, 3.8) is 0 Å². The fourth-order valence-electron chi connectivity index (χ4n) is 4.73. The summed E-state index contributed by atoms with van der Waals surface area (Å²) < 4.78 is 5.39. The molecule has 0 aliphatic heterocycles. The van der Waals surface area contributed by atoms with Crippen molar-refractivity contribution < 1.29 is 14.3 Å². The van der Waals surface area contributed by atoms with E-state index in [1.807, 2.05) is 24.3 Å². The van der Waals surface area contributed by atoms with Crippen molar-refractivity contribution in [2.45, 2.75) is 39.0 Å². The van der Waals surface area contributed by atoms with Gasteiger partial charge in [-0.25, -0.2) is 4.99 Å². The molecule has 2 aliphatic carbocycles. The highest BCUT2D eigenvalue weighted by molar-refractivity contribution is 8.14. The number of allylic oxidation sites excluding steroid dienone is 1. The first kappa shape index (κ1) is 22.3. The van der Waals surface area contributed by atoms with E-state index in [9.17, 15) is 9.59 Å². The van der Waals surface area contributed by atoms with Crippen LogP contribution in [-0.2, 0) is 16.0 Å². The Kier molecular flexibility index (Phi) is 6.80. The number of rotatable bonds is 5. The van der Waals surface area contributed by atoms with Gasteiger partial charge in [-0.15, -0.1) is 0 Å². The molecule has 2 aromatic rings. The molecule has 2 aliphatic rings. The normalized spacial score (nSPS) is 17.2. The molecule has 166 valence electrons. The molecule has 2 aromatic carbocycles. The molecule has 1 spiro atoms. The van der Waals surface area contributed by atoms with E-state index in [1.165, 1.54) is 53.5 Å². The topological polar surface area (TPSA) is 59.0 Å². The molecule has 0 radical (unpaired) electrons. The van der Waals surface area contributed by atoms with Gasteiger partial charge in [-0.2, -0.15) is 0 Å². The molecule has 5 nitrogen and oxygen atoms in total. The smallest absolute Gasteiger partial charge is 0.321 e. The Hall–Kier alpha value is -2.86. The van der Waals surface area contributed by atoms with Crippen LogP contribution in [0, 0.1) is 5.41 Å². The number of nitrogens with zero attached hydrogens (tertiary/aromatic N) is 2. The minimum Gasteiger partial charge on any atom is -0.426 e. The molecule has 0 saturated heterocycles. The molecule has 1 amide bonds. The molecule has 6 heteroatoms. The zero-order valence-electron chi connectivity index (χ0n) is 18.5. The lowest BCUT2D eigenvalue weighted by atomic mass is 9.69. The lowest BCUT2D eigenvalue weighted by Crippen LogP contribution is -2.28. The van der Waals surface area contributed by atoms with Crippen LogP contribution in [0.15, 0.2) is 65.2 Å². The van der Waals surface area contributed by atoms with E-state index in [-0.39, 0.29) is 17.1 Å². The van der Waals surface area contributed by atoms with Crippen molar-refractivity contribution in [2.24, 2.45) is 10.4 Å². The summed E-state index contributed by atoms with van der Waals surface area (Å²) in [5.41, 5.74) is 4.79. The number of para-hydroxylation sites is 1. The number of ether oxygens (including phenoxy) is 1. The molecule has 1 fully saturated rings. The van der Waals surface area contributed by atoms with Crippen LogP contribution in [-0.4, -0.2) is 35.2 Å². The van der Waals surface area contributed by atoms with E-state index in [4.69, 9.17) is 9.73 Å². The van der Waals surface area contributed by atoms with Gasteiger partial charge in [-0.05, 0) is 54.9 Å². The van der Waals surface area contributed by atoms with Gasteiger partial charge < -0.3 is 4.74 Å². The fourth-order valence-corrected chi connectivity index (χ4v) is 5.44. The largest absolute Gasteiger partial charge is 0.426 e. The zero-order valence-corrected chi connectivity index (χ0v) is 19.4. The highest BCUT2D eigenvalue weighted by atomic mass is 32.2. The third-order valence-electron chi connectivity index (χ3n) is 6.47. The Labute approximate surface area is 193 Å². The molecule has 0 unspecified atom stereocenters. The number of hydrogen-bond acceptors (Lipinski definition) is 5. The van der Waals surface area contributed by atoms with Crippen LogP contribution >= 0.6 is 11.8 Å². The van der Waals surface area contributed by atoms with E-state index in [2.05, 4.69) is 25.1 Å². The van der Waals surface area contributed by atoms with E-state index < -0.39 is 0 Å². The molecule has 32 heavy (non-hydrogen) atoms. The van der Waals surface area contributed by atoms with Gasteiger partial charge in [0.1, 0.15) is 5.75 Å². The maximum Gasteiger partial charge on any atom is 0.321 e. The third-order valence-corrected chi connectivity index (χ3v) is 7.49. The maximum absolute atomic E-state index is 12.4. The summed E-state index contributed by atoms with van der Waals surface area (Å²) in [6, 6.07) is 17.4. The molecule has 0 N–H and O–H groups in total. The Balaban J connectivity index is 1.63. The second-order valence-corrected chi connectivity index (χ2v) is 9.42. The van der Waals surface area contributed by atoms with Gasteiger partial charge in [0.15, 0.2) is 5.17 Å². The second-order valence-electron chi connectivity index (χ2n) is 8.48. The molecule has 0 bridgehead atoms. The molecule has 0 atom stereocenters. The van der Waals surface area contributed by atoms with Crippen LogP contribution in [0.25, 0.3) is 5.70 Å². The van der Waals surface area contributed by atoms with Crippen LogP contribution in [0.1, 0.15) is 43.7 Å². The molecule has 0 aromatic heterocycles. The first-order chi connectivity index (χ1) is 15.5. The highest BCUT2D eigenvalue weighted by Gasteiger charge is 2.40. The number of amidine groups is 1. The van der Waals surface area contributed by atoms with E-state index >= 15 is 0 Å². The van der Waals surface area contributed by atoms with Crippen LogP contribution < -0.4 is 4.74 Å². The number of carbonyl (C=O) groups is 2. The van der Waals surface area contributed by atoms with Crippen molar-refractivity contribution in [3.05, 3.63) is 71.3 Å². The van der Waals surface area contributed by atoms with Gasteiger partial charge in [0.2, 0.25) is 6.41 Å². The molecular formula is C26H28N2O3S. The van der Waals surface area contributed by atoms with Crippen molar-refractivity contribution in [1.82, 2.24) is 4.90 Å². The van der Waals surface area contributed by atoms with Crippen LogP contribution in [0.2, 0.25) is 0 Å². The summed E-state index contributed by atoms with van der Waals surface area (Å²) in [5, 5.41) is 0.490. The Morgan fingerprint density at radius 3 is 2.53 bits per heavy atom. The molecular weight excluding hydrogens is 420 g/mol. The summed E-state index contributed by atoms with van der Waals surface area (Å²) in [7, 11) is 1.66.